The number of rotatable bonds is 3. The summed E-state index contributed by atoms with van der Waals surface area (Å²) >= 11 is 5.98. The van der Waals surface area contributed by atoms with Gasteiger partial charge in [0, 0.05) is 25.0 Å². The molecular weight excluding hydrogens is 198 g/mol. The van der Waals surface area contributed by atoms with E-state index in [1.807, 2.05) is 31.2 Å². The number of hydrogen-bond acceptors (Lipinski definition) is 1. The average molecular weight is 212 g/mol. The van der Waals surface area contributed by atoms with Crippen molar-refractivity contribution >= 4 is 17.5 Å². The molecule has 14 heavy (non-hydrogen) atoms. The molecule has 0 radical (unpaired) electrons. The number of hydrogen-bond donors (Lipinski definition) is 0. The van der Waals surface area contributed by atoms with Crippen molar-refractivity contribution in [3.8, 4) is 0 Å². The number of nitrogens with zero attached hydrogens (tertiary/aromatic N) is 1. The number of halogens is 1. The lowest BCUT2D eigenvalue weighted by atomic mass is 10.2. The van der Waals surface area contributed by atoms with Crippen molar-refractivity contribution in [2.75, 3.05) is 7.05 Å². The second kappa shape index (κ2) is 5.01. The first-order valence-corrected chi connectivity index (χ1v) is 5.00. The highest BCUT2D eigenvalue weighted by molar-refractivity contribution is 6.31. The maximum absolute atomic E-state index is 11.3. The van der Waals surface area contributed by atoms with Gasteiger partial charge in [-0.05, 0) is 11.6 Å². The Morgan fingerprint density at radius 1 is 1.43 bits per heavy atom. The van der Waals surface area contributed by atoms with Gasteiger partial charge in [0.1, 0.15) is 0 Å². The van der Waals surface area contributed by atoms with Crippen LogP contribution in [-0.2, 0) is 11.3 Å². The normalized spacial score (nSPS) is 9.93. The molecule has 0 atom stereocenters. The molecule has 0 saturated carbocycles. The number of benzene rings is 1. The molecule has 1 rings (SSSR count). The summed E-state index contributed by atoms with van der Waals surface area (Å²) in [5.74, 6) is 0.130. The topological polar surface area (TPSA) is 20.3 Å². The van der Waals surface area contributed by atoms with Crippen LogP contribution in [0.3, 0.4) is 0 Å². The highest BCUT2D eigenvalue weighted by Gasteiger charge is 2.07. The van der Waals surface area contributed by atoms with Crippen LogP contribution in [0.15, 0.2) is 24.3 Å². The molecule has 1 amide bonds. The van der Waals surface area contributed by atoms with Crippen molar-refractivity contribution < 1.29 is 4.79 Å². The van der Waals surface area contributed by atoms with E-state index in [9.17, 15) is 4.79 Å². The fourth-order valence-corrected chi connectivity index (χ4v) is 1.44. The van der Waals surface area contributed by atoms with E-state index < -0.39 is 0 Å². The maximum Gasteiger partial charge on any atom is 0.222 e. The standard InChI is InChI=1S/C11H14ClNO/c1-3-11(14)13(2)8-9-6-4-5-7-10(9)12/h4-7H,3,8H2,1-2H3. The van der Waals surface area contributed by atoms with Gasteiger partial charge in [-0.2, -0.15) is 0 Å². The molecule has 0 bridgehead atoms. The molecule has 76 valence electrons. The highest BCUT2D eigenvalue weighted by atomic mass is 35.5. The van der Waals surface area contributed by atoms with Crippen molar-refractivity contribution in [1.82, 2.24) is 4.90 Å². The van der Waals surface area contributed by atoms with Gasteiger partial charge in [-0.15, -0.1) is 0 Å². The van der Waals surface area contributed by atoms with E-state index in [1.54, 1.807) is 11.9 Å². The molecule has 0 aromatic heterocycles. The minimum Gasteiger partial charge on any atom is -0.341 e. The second-order valence-corrected chi connectivity index (χ2v) is 3.60. The number of carbonyl (C=O) groups excluding carboxylic acids is 1. The first-order chi connectivity index (χ1) is 6.65. The van der Waals surface area contributed by atoms with Gasteiger partial charge in [0.25, 0.3) is 0 Å². The van der Waals surface area contributed by atoms with Gasteiger partial charge in [0.05, 0.1) is 0 Å². The van der Waals surface area contributed by atoms with Crippen molar-refractivity contribution in [3.63, 3.8) is 0 Å². The molecule has 1 aromatic carbocycles. The van der Waals surface area contributed by atoms with Gasteiger partial charge >= 0.3 is 0 Å². The molecule has 0 aliphatic heterocycles. The van der Waals surface area contributed by atoms with Crippen LogP contribution in [0.4, 0.5) is 0 Å². The summed E-state index contributed by atoms with van der Waals surface area (Å²) in [6, 6.07) is 7.57. The SMILES string of the molecule is CCC(=O)N(C)Cc1ccccc1Cl. The van der Waals surface area contributed by atoms with Gasteiger partial charge < -0.3 is 4.90 Å². The molecule has 2 nitrogen and oxygen atoms in total. The first kappa shape index (κ1) is 11.1. The predicted octanol–water partition coefficient (Wildman–Crippen LogP) is 2.71. The zero-order valence-electron chi connectivity index (χ0n) is 8.46. The lowest BCUT2D eigenvalue weighted by molar-refractivity contribution is -0.130. The lowest BCUT2D eigenvalue weighted by Gasteiger charge is -2.16. The van der Waals surface area contributed by atoms with Crippen LogP contribution in [0.5, 0.6) is 0 Å². The van der Waals surface area contributed by atoms with Crippen LogP contribution in [0.2, 0.25) is 5.02 Å². The third kappa shape index (κ3) is 2.74. The third-order valence-corrected chi connectivity index (χ3v) is 2.46. The summed E-state index contributed by atoms with van der Waals surface area (Å²) in [5, 5.41) is 0.711. The van der Waals surface area contributed by atoms with Gasteiger partial charge in [-0.1, -0.05) is 36.7 Å². The Bertz CT molecular complexity index is 325. The minimum atomic E-state index is 0.130. The molecule has 0 unspecified atom stereocenters. The molecule has 0 saturated heterocycles. The number of amides is 1. The summed E-state index contributed by atoms with van der Waals surface area (Å²) in [6.45, 7) is 2.43. The molecule has 0 fully saturated rings. The van der Waals surface area contributed by atoms with Crippen LogP contribution >= 0.6 is 11.6 Å². The number of carbonyl (C=O) groups is 1. The van der Waals surface area contributed by atoms with E-state index in [4.69, 9.17) is 11.6 Å². The Hall–Kier alpha value is -1.02. The quantitative estimate of drug-likeness (QED) is 0.753. The molecule has 0 N–H and O–H groups in total. The van der Waals surface area contributed by atoms with Crippen LogP contribution in [0.25, 0.3) is 0 Å². The molecule has 0 aliphatic rings. The van der Waals surface area contributed by atoms with Crippen LogP contribution in [0, 0.1) is 0 Å². The van der Waals surface area contributed by atoms with Crippen LogP contribution < -0.4 is 0 Å². The van der Waals surface area contributed by atoms with Crippen molar-refractivity contribution in [2.45, 2.75) is 19.9 Å². The average Bonchev–Trinajstić information content (AvgIpc) is 2.20. The van der Waals surface area contributed by atoms with E-state index in [0.717, 1.165) is 5.56 Å². The Balaban J connectivity index is 2.69. The van der Waals surface area contributed by atoms with E-state index in [2.05, 4.69) is 0 Å². The molecular formula is C11H14ClNO. The van der Waals surface area contributed by atoms with E-state index in [-0.39, 0.29) is 5.91 Å². The first-order valence-electron chi connectivity index (χ1n) is 4.62. The summed E-state index contributed by atoms with van der Waals surface area (Å²) in [6.07, 6.45) is 0.529. The zero-order valence-corrected chi connectivity index (χ0v) is 9.21. The van der Waals surface area contributed by atoms with E-state index in [0.29, 0.717) is 18.0 Å². The van der Waals surface area contributed by atoms with E-state index >= 15 is 0 Å². The van der Waals surface area contributed by atoms with Gasteiger partial charge in [0.2, 0.25) is 5.91 Å². The molecule has 1 aromatic rings. The summed E-state index contributed by atoms with van der Waals surface area (Å²) < 4.78 is 0. The van der Waals surface area contributed by atoms with Gasteiger partial charge in [-0.25, -0.2) is 0 Å². The van der Waals surface area contributed by atoms with Crippen molar-refractivity contribution in [1.29, 1.82) is 0 Å². The van der Waals surface area contributed by atoms with Gasteiger partial charge in [-0.3, -0.25) is 4.79 Å². The minimum absolute atomic E-state index is 0.130. The predicted molar refractivity (Wildman–Crippen MR) is 58.2 cm³/mol. The van der Waals surface area contributed by atoms with Gasteiger partial charge in [0.15, 0.2) is 0 Å². The van der Waals surface area contributed by atoms with E-state index in [1.165, 1.54) is 0 Å². The third-order valence-electron chi connectivity index (χ3n) is 2.09. The summed E-state index contributed by atoms with van der Waals surface area (Å²) in [5.41, 5.74) is 0.985. The Morgan fingerprint density at radius 3 is 2.64 bits per heavy atom. The Labute approximate surface area is 89.5 Å². The van der Waals surface area contributed by atoms with Crippen LogP contribution in [0.1, 0.15) is 18.9 Å². The largest absolute Gasteiger partial charge is 0.341 e. The second-order valence-electron chi connectivity index (χ2n) is 3.19. The summed E-state index contributed by atoms with van der Waals surface area (Å²) in [7, 11) is 1.79. The molecule has 0 spiro atoms. The highest BCUT2D eigenvalue weighted by Crippen LogP contribution is 2.16. The summed E-state index contributed by atoms with van der Waals surface area (Å²) in [4.78, 5) is 13.0. The lowest BCUT2D eigenvalue weighted by Crippen LogP contribution is -2.25. The monoisotopic (exact) mass is 211 g/mol. The molecule has 0 aliphatic carbocycles. The fraction of sp³-hybridized carbons (Fsp3) is 0.364. The fourth-order valence-electron chi connectivity index (χ4n) is 1.24. The van der Waals surface area contributed by atoms with Crippen molar-refractivity contribution in [3.05, 3.63) is 34.9 Å². The zero-order chi connectivity index (χ0) is 10.6. The maximum atomic E-state index is 11.3. The smallest absolute Gasteiger partial charge is 0.222 e. The Morgan fingerprint density at radius 2 is 2.07 bits per heavy atom. The Kier molecular flexibility index (Phi) is 3.96. The van der Waals surface area contributed by atoms with Crippen LogP contribution in [-0.4, -0.2) is 17.9 Å². The molecule has 3 heteroatoms. The molecule has 0 heterocycles. The van der Waals surface area contributed by atoms with Crippen molar-refractivity contribution in [2.24, 2.45) is 0 Å².